The van der Waals surface area contributed by atoms with Crippen molar-refractivity contribution >= 4 is 17.4 Å². The lowest BCUT2D eigenvalue weighted by Gasteiger charge is -2.15. The number of carbonyl (C=O) groups excluding carboxylic acids is 1. The van der Waals surface area contributed by atoms with Crippen molar-refractivity contribution in [3.05, 3.63) is 109 Å². The zero-order chi connectivity index (χ0) is 29.9. The van der Waals surface area contributed by atoms with Gasteiger partial charge in [0, 0.05) is 5.02 Å². The van der Waals surface area contributed by atoms with Crippen molar-refractivity contribution in [1.29, 1.82) is 5.26 Å². The van der Waals surface area contributed by atoms with Crippen LogP contribution in [0.2, 0.25) is 5.02 Å². The highest BCUT2D eigenvalue weighted by molar-refractivity contribution is 6.30. The summed E-state index contributed by atoms with van der Waals surface area (Å²) >= 11 is 5.92. The molecule has 0 aliphatic rings. The number of Topliss-reactive ketones (excluding diaryl/α,β-unsaturated/α-hetero) is 1. The molecule has 210 valence electrons. The highest BCUT2D eigenvalue weighted by Gasteiger charge is 2.39. The molecule has 2 aromatic heterocycles. The minimum atomic E-state index is -5.06. The molecule has 0 atom stereocenters. The van der Waals surface area contributed by atoms with E-state index in [0.29, 0.717) is 17.6 Å². The predicted molar refractivity (Wildman–Crippen MR) is 139 cm³/mol. The summed E-state index contributed by atoms with van der Waals surface area (Å²) in [5.41, 5.74) is -3.08. The van der Waals surface area contributed by atoms with Crippen LogP contribution in [0.15, 0.2) is 64.4 Å². The number of alkyl halides is 3. The maximum Gasteiger partial charge on any atom is 0.437 e. The maximum atomic E-state index is 13.7. The number of ketones is 1. The smallest absolute Gasteiger partial charge is 0.437 e. The van der Waals surface area contributed by atoms with Gasteiger partial charge in [-0.2, -0.15) is 23.5 Å². The SMILES string of the molecule is COc1ccc(Cn2nc(Cn3cnc(C(F)(F)F)c(Oc4cc(Cl)cc(C#N)c4)c3=O)cc(C(C)=O)c2=O)cc1. The van der Waals surface area contributed by atoms with Crippen LogP contribution >= 0.6 is 11.6 Å². The third-order valence-electron chi connectivity index (χ3n) is 5.71. The molecule has 0 amide bonds. The minimum Gasteiger partial charge on any atom is -0.497 e. The normalized spacial score (nSPS) is 11.1. The van der Waals surface area contributed by atoms with E-state index in [4.69, 9.17) is 26.3 Å². The second-order valence-electron chi connectivity index (χ2n) is 8.66. The van der Waals surface area contributed by atoms with E-state index in [-0.39, 0.29) is 34.1 Å². The molecule has 4 rings (SSSR count). The van der Waals surface area contributed by atoms with Gasteiger partial charge in [0.25, 0.3) is 11.1 Å². The number of nitriles is 1. The zero-order valence-electron chi connectivity index (χ0n) is 21.4. The van der Waals surface area contributed by atoms with E-state index in [0.717, 1.165) is 27.4 Å². The van der Waals surface area contributed by atoms with Crippen molar-refractivity contribution in [2.75, 3.05) is 7.11 Å². The summed E-state index contributed by atoms with van der Waals surface area (Å²) in [7, 11) is 1.50. The number of carbonyl (C=O) groups is 1. The van der Waals surface area contributed by atoms with Crippen LogP contribution in [-0.4, -0.2) is 32.2 Å². The Labute approximate surface area is 234 Å². The van der Waals surface area contributed by atoms with Crippen LogP contribution in [0, 0.1) is 11.3 Å². The van der Waals surface area contributed by atoms with E-state index >= 15 is 0 Å². The fraction of sp³-hybridized carbons (Fsp3) is 0.185. The molecule has 0 saturated heterocycles. The second-order valence-corrected chi connectivity index (χ2v) is 9.10. The molecule has 41 heavy (non-hydrogen) atoms. The van der Waals surface area contributed by atoms with Crippen molar-refractivity contribution in [3.8, 4) is 23.3 Å². The van der Waals surface area contributed by atoms with Gasteiger partial charge in [-0.3, -0.25) is 19.0 Å². The lowest BCUT2D eigenvalue weighted by molar-refractivity contribution is -0.142. The van der Waals surface area contributed by atoms with E-state index in [1.807, 2.05) is 0 Å². The number of hydrogen-bond donors (Lipinski definition) is 0. The Bertz CT molecular complexity index is 1790. The molecule has 14 heteroatoms. The van der Waals surface area contributed by atoms with Crippen LogP contribution in [-0.2, 0) is 19.3 Å². The first-order chi connectivity index (χ1) is 19.4. The summed E-state index contributed by atoms with van der Waals surface area (Å²) in [6.45, 7) is 0.681. The lowest BCUT2D eigenvalue weighted by atomic mass is 10.1. The number of ether oxygens (including phenoxy) is 2. The number of nitrogens with zero attached hydrogens (tertiary/aromatic N) is 5. The van der Waals surface area contributed by atoms with Crippen LogP contribution in [0.3, 0.4) is 0 Å². The average molecular weight is 586 g/mol. The van der Waals surface area contributed by atoms with Gasteiger partial charge in [0.2, 0.25) is 5.75 Å². The van der Waals surface area contributed by atoms with E-state index in [1.165, 1.54) is 20.1 Å². The molecule has 0 radical (unpaired) electrons. The molecule has 0 bridgehead atoms. The highest BCUT2D eigenvalue weighted by Crippen LogP contribution is 2.35. The zero-order valence-corrected chi connectivity index (χ0v) is 22.2. The molecule has 2 heterocycles. The molecule has 0 fully saturated rings. The van der Waals surface area contributed by atoms with Gasteiger partial charge in [-0.15, -0.1) is 0 Å². The minimum absolute atomic E-state index is 0.00287. The van der Waals surface area contributed by atoms with Crippen molar-refractivity contribution in [3.63, 3.8) is 0 Å². The molecule has 0 saturated carbocycles. The number of hydrogen-bond acceptors (Lipinski definition) is 8. The first kappa shape index (κ1) is 29.0. The van der Waals surface area contributed by atoms with Crippen LogP contribution < -0.4 is 20.6 Å². The molecule has 4 aromatic rings. The summed E-state index contributed by atoms with van der Waals surface area (Å²) in [4.78, 5) is 41.7. The predicted octanol–water partition coefficient (Wildman–Crippen LogP) is 4.44. The van der Waals surface area contributed by atoms with Crippen LogP contribution in [0.1, 0.15) is 39.8 Å². The summed E-state index contributed by atoms with van der Waals surface area (Å²) in [5, 5.41) is 13.4. The average Bonchev–Trinajstić information content (AvgIpc) is 2.91. The molecule has 0 N–H and O–H groups in total. The lowest BCUT2D eigenvalue weighted by Crippen LogP contribution is -2.31. The standard InChI is InChI=1S/C27H19ClF3N5O5/c1-15(37)22-10-19(34-36(25(22)38)12-16-3-5-20(40-2)6-4-16)13-35-14-33-24(27(29,30)31)23(26(35)39)41-21-8-17(11-32)7-18(28)9-21/h3-10,14H,12-13H2,1-2H3. The third kappa shape index (κ3) is 6.62. The largest absolute Gasteiger partial charge is 0.497 e. The van der Waals surface area contributed by atoms with Gasteiger partial charge in [-0.1, -0.05) is 23.7 Å². The fourth-order valence-electron chi connectivity index (χ4n) is 3.79. The summed E-state index contributed by atoms with van der Waals surface area (Å²) < 4.78 is 53.4. The van der Waals surface area contributed by atoms with E-state index < -0.39 is 41.1 Å². The fourth-order valence-corrected chi connectivity index (χ4v) is 4.02. The number of benzene rings is 2. The van der Waals surface area contributed by atoms with Crippen molar-refractivity contribution in [2.24, 2.45) is 0 Å². The number of methoxy groups -OCH3 is 1. The molecule has 0 aliphatic carbocycles. The van der Waals surface area contributed by atoms with Crippen molar-refractivity contribution < 1.29 is 27.4 Å². The van der Waals surface area contributed by atoms with Gasteiger partial charge in [-0.25, -0.2) is 9.67 Å². The molecule has 0 spiro atoms. The Balaban J connectivity index is 1.77. The molecule has 0 aliphatic heterocycles. The molecule has 0 unspecified atom stereocenters. The van der Waals surface area contributed by atoms with Gasteiger partial charge < -0.3 is 9.47 Å². The quantitative estimate of drug-likeness (QED) is 0.278. The Morgan fingerprint density at radius 2 is 1.76 bits per heavy atom. The van der Waals surface area contributed by atoms with Gasteiger partial charge in [0.15, 0.2) is 11.5 Å². The highest BCUT2D eigenvalue weighted by atomic mass is 35.5. The first-order valence-electron chi connectivity index (χ1n) is 11.7. The van der Waals surface area contributed by atoms with Crippen molar-refractivity contribution in [2.45, 2.75) is 26.2 Å². The van der Waals surface area contributed by atoms with Gasteiger partial charge in [0.05, 0.1) is 49.4 Å². The van der Waals surface area contributed by atoms with E-state index in [9.17, 15) is 27.6 Å². The Kier molecular flexibility index (Phi) is 8.25. The topological polar surface area (TPSA) is 129 Å². The molecule has 2 aromatic carbocycles. The van der Waals surface area contributed by atoms with Gasteiger partial charge in [0.1, 0.15) is 11.5 Å². The monoisotopic (exact) mass is 585 g/mol. The number of halogens is 4. The van der Waals surface area contributed by atoms with Crippen LogP contribution in [0.5, 0.6) is 17.2 Å². The Hall–Kier alpha value is -4.96. The van der Waals surface area contributed by atoms with Gasteiger partial charge >= 0.3 is 6.18 Å². The molecule has 10 nitrogen and oxygen atoms in total. The summed E-state index contributed by atoms with van der Waals surface area (Å²) in [6, 6.07) is 13.2. The molecular weight excluding hydrogens is 567 g/mol. The van der Waals surface area contributed by atoms with Gasteiger partial charge in [-0.05, 0) is 48.9 Å². The summed E-state index contributed by atoms with van der Waals surface area (Å²) in [6.07, 6.45) is -4.40. The van der Waals surface area contributed by atoms with E-state index in [1.54, 1.807) is 30.3 Å². The second kappa shape index (κ2) is 11.6. The Morgan fingerprint density at radius 3 is 2.37 bits per heavy atom. The molecular formula is C27H19ClF3N5O5. The van der Waals surface area contributed by atoms with Crippen LogP contribution in [0.25, 0.3) is 0 Å². The van der Waals surface area contributed by atoms with Crippen molar-refractivity contribution in [1.82, 2.24) is 19.3 Å². The first-order valence-corrected chi connectivity index (χ1v) is 12.1. The van der Waals surface area contributed by atoms with E-state index in [2.05, 4.69) is 10.1 Å². The van der Waals surface area contributed by atoms with Crippen LogP contribution in [0.4, 0.5) is 13.2 Å². The number of rotatable bonds is 8. The number of aromatic nitrogens is 4. The Morgan fingerprint density at radius 1 is 1.05 bits per heavy atom. The third-order valence-corrected chi connectivity index (χ3v) is 5.93. The maximum absolute atomic E-state index is 13.7. The summed E-state index contributed by atoms with van der Waals surface area (Å²) in [5.74, 6) is -1.44.